The minimum atomic E-state index is -3.73. The quantitative estimate of drug-likeness (QED) is 0.613. The first kappa shape index (κ1) is 19.0. The van der Waals surface area contributed by atoms with Gasteiger partial charge in [0, 0.05) is 6.92 Å². The van der Waals surface area contributed by atoms with E-state index in [-0.39, 0.29) is 9.79 Å². The predicted octanol–water partition coefficient (Wildman–Crippen LogP) is 3.69. The molecule has 2 rings (SSSR count). The Morgan fingerprint density at radius 3 is 1.48 bits per heavy atom. The number of sulfone groups is 1. The molecule has 0 unspecified atom stereocenters. The number of carbonyl (C=O) groups is 1. The summed E-state index contributed by atoms with van der Waals surface area (Å²) in [5.74, 6) is 0.508. The van der Waals surface area contributed by atoms with E-state index >= 15 is 0 Å². The monoisotopic (exact) mass is 362 g/mol. The minimum absolute atomic E-state index is 0.236. The molecule has 0 fully saturated rings. The average molecular weight is 362 g/mol. The van der Waals surface area contributed by atoms with Crippen LogP contribution >= 0.6 is 0 Å². The van der Waals surface area contributed by atoms with E-state index in [9.17, 15) is 13.2 Å². The fraction of sp³-hybridized carbons (Fsp3) is 0.316. The normalized spacial score (nSPS) is 11.3. The van der Waals surface area contributed by atoms with Gasteiger partial charge in [0.25, 0.3) is 0 Å². The molecule has 0 atom stereocenters. The highest BCUT2D eigenvalue weighted by molar-refractivity contribution is 7.91. The number of esters is 1. The van der Waals surface area contributed by atoms with Crippen molar-refractivity contribution < 1.29 is 22.7 Å². The molecule has 6 heteroatoms. The van der Waals surface area contributed by atoms with Crippen LogP contribution in [0.5, 0.6) is 11.5 Å². The number of aryl methyl sites for hydroxylation is 4. The molecule has 0 saturated carbocycles. The molecule has 0 aliphatic heterocycles. The lowest BCUT2D eigenvalue weighted by Crippen LogP contribution is -2.11. The Bertz CT molecular complexity index is 896. The van der Waals surface area contributed by atoms with Gasteiger partial charge in [0.05, 0.1) is 16.9 Å². The van der Waals surface area contributed by atoms with Crippen molar-refractivity contribution in [2.24, 2.45) is 0 Å². The van der Waals surface area contributed by atoms with Gasteiger partial charge in [0.15, 0.2) is 0 Å². The first-order valence-electron chi connectivity index (χ1n) is 7.78. The molecule has 5 nitrogen and oxygen atoms in total. The molecule has 0 spiro atoms. The lowest BCUT2D eigenvalue weighted by molar-refractivity contribution is -0.131. The Balaban J connectivity index is 2.68. The topological polar surface area (TPSA) is 69.7 Å². The van der Waals surface area contributed by atoms with Gasteiger partial charge in [-0.05, 0) is 74.2 Å². The number of hydrogen-bond acceptors (Lipinski definition) is 5. The van der Waals surface area contributed by atoms with Crippen LogP contribution in [0.25, 0.3) is 0 Å². The molecule has 0 heterocycles. The summed E-state index contributed by atoms with van der Waals surface area (Å²) in [6.45, 7) is 8.20. The molecule has 25 heavy (non-hydrogen) atoms. The molecule has 0 saturated heterocycles. The molecule has 0 amide bonds. The van der Waals surface area contributed by atoms with Crippen molar-refractivity contribution in [1.29, 1.82) is 0 Å². The predicted molar refractivity (Wildman–Crippen MR) is 95.1 cm³/mol. The molecule has 134 valence electrons. The van der Waals surface area contributed by atoms with E-state index in [4.69, 9.17) is 9.47 Å². The van der Waals surface area contributed by atoms with Crippen LogP contribution in [-0.2, 0) is 14.6 Å². The van der Waals surface area contributed by atoms with Crippen LogP contribution in [-0.4, -0.2) is 21.5 Å². The highest BCUT2D eigenvalue weighted by Gasteiger charge is 2.27. The molecular weight excluding hydrogens is 340 g/mol. The Kier molecular flexibility index (Phi) is 5.23. The Hall–Kier alpha value is -2.34. The molecule has 2 aromatic carbocycles. The molecule has 0 aliphatic carbocycles. The first-order chi connectivity index (χ1) is 11.6. The van der Waals surface area contributed by atoms with E-state index < -0.39 is 15.8 Å². The van der Waals surface area contributed by atoms with Crippen LogP contribution in [0, 0.1) is 27.7 Å². The van der Waals surface area contributed by atoms with Gasteiger partial charge >= 0.3 is 5.97 Å². The molecule has 0 radical (unpaired) electrons. The summed E-state index contributed by atoms with van der Waals surface area (Å²) >= 11 is 0. The van der Waals surface area contributed by atoms with E-state index in [0.29, 0.717) is 33.8 Å². The van der Waals surface area contributed by atoms with Crippen molar-refractivity contribution >= 4 is 15.8 Å². The Morgan fingerprint density at radius 2 is 1.16 bits per heavy atom. The third-order valence-corrected chi connectivity index (χ3v) is 6.27. The Morgan fingerprint density at radius 1 is 0.800 bits per heavy atom. The summed E-state index contributed by atoms with van der Waals surface area (Å²) in [5.41, 5.74) is 2.32. The fourth-order valence-electron chi connectivity index (χ4n) is 3.11. The van der Waals surface area contributed by atoms with E-state index in [0.717, 1.165) is 0 Å². The van der Waals surface area contributed by atoms with Crippen LogP contribution in [0.1, 0.15) is 29.2 Å². The van der Waals surface area contributed by atoms with Gasteiger partial charge in [-0.1, -0.05) is 0 Å². The summed E-state index contributed by atoms with van der Waals surface area (Å²) in [6, 6.07) is 6.54. The molecule has 0 aromatic heterocycles. The number of rotatable bonds is 4. The maximum absolute atomic E-state index is 13.3. The first-order valence-corrected chi connectivity index (χ1v) is 9.26. The van der Waals surface area contributed by atoms with E-state index in [1.807, 2.05) is 0 Å². The van der Waals surface area contributed by atoms with Crippen LogP contribution in [0.4, 0.5) is 0 Å². The van der Waals surface area contributed by atoms with Crippen LogP contribution in [0.3, 0.4) is 0 Å². The van der Waals surface area contributed by atoms with Crippen molar-refractivity contribution in [3.05, 3.63) is 46.5 Å². The van der Waals surface area contributed by atoms with Gasteiger partial charge in [0.1, 0.15) is 11.5 Å². The smallest absolute Gasteiger partial charge is 0.308 e. The van der Waals surface area contributed by atoms with Gasteiger partial charge < -0.3 is 9.47 Å². The zero-order valence-electron chi connectivity index (χ0n) is 15.3. The van der Waals surface area contributed by atoms with Gasteiger partial charge in [0.2, 0.25) is 9.84 Å². The Labute approximate surface area is 148 Å². The van der Waals surface area contributed by atoms with Gasteiger partial charge in [-0.15, -0.1) is 0 Å². The third-order valence-electron chi connectivity index (χ3n) is 3.90. The van der Waals surface area contributed by atoms with Crippen molar-refractivity contribution in [2.75, 3.05) is 7.11 Å². The third kappa shape index (κ3) is 3.69. The zero-order chi connectivity index (χ0) is 18.9. The van der Waals surface area contributed by atoms with Crippen LogP contribution < -0.4 is 9.47 Å². The molecular formula is C19H22O5S. The highest BCUT2D eigenvalue weighted by Crippen LogP contribution is 2.35. The summed E-state index contributed by atoms with van der Waals surface area (Å²) in [6.07, 6.45) is 0. The SMILES string of the molecule is COc1cc(C)c(S(=O)(=O)c2c(C)cc(OC(C)=O)cc2C)c(C)c1. The second kappa shape index (κ2) is 6.88. The average Bonchev–Trinajstić information content (AvgIpc) is 2.43. The standard InChI is InChI=1S/C19H22O5S/c1-11-7-16(23-6)8-12(2)18(11)25(21,22)19-13(3)9-17(10-14(19)4)24-15(5)20/h7-10H,1-6H3. The number of ether oxygens (including phenoxy) is 2. The van der Waals surface area contributed by atoms with Crippen molar-refractivity contribution in [1.82, 2.24) is 0 Å². The number of benzene rings is 2. The molecule has 0 N–H and O–H groups in total. The van der Waals surface area contributed by atoms with Crippen LogP contribution in [0.2, 0.25) is 0 Å². The second-order valence-corrected chi connectivity index (χ2v) is 7.90. The van der Waals surface area contributed by atoms with Gasteiger partial charge in [-0.2, -0.15) is 0 Å². The zero-order valence-corrected chi connectivity index (χ0v) is 16.1. The maximum Gasteiger partial charge on any atom is 0.308 e. The van der Waals surface area contributed by atoms with Gasteiger partial charge in [-0.25, -0.2) is 8.42 Å². The minimum Gasteiger partial charge on any atom is -0.497 e. The summed E-state index contributed by atoms with van der Waals surface area (Å²) in [7, 11) is -2.18. The number of hydrogen-bond donors (Lipinski definition) is 0. The van der Waals surface area contributed by atoms with E-state index in [1.54, 1.807) is 59.1 Å². The molecule has 2 aromatic rings. The van der Waals surface area contributed by atoms with Crippen molar-refractivity contribution in [2.45, 2.75) is 44.4 Å². The van der Waals surface area contributed by atoms with Crippen molar-refractivity contribution in [3.8, 4) is 11.5 Å². The maximum atomic E-state index is 13.3. The number of methoxy groups -OCH3 is 1. The van der Waals surface area contributed by atoms with Gasteiger partial charge in [-0.3, -0.25) is 4.79 Å². The summed E-state index contributed by atoms with van der Waals surface area (Å²) in [4.78, 5) is 11.6. The molecule has 0 aliphatic rings. The van der Waals surface area contributed by atoms with Crippen LogP contribution in [0.15, 0.2) is 34.1 Å². The number of carbonyl (C=O) groups excluding carboxylic acids is 1. The largest absolute Gasteiger partial charge is 0.497 e. The summed E-state index contributed by atoms with van der Waals surface area (Å²) < 4.78 is 36.9. The second-order valence-electron chi connectivity index (χ2n) is 6.07. The van der Waals surface area contributed by atoms with E-state index in [2.05, 4.69) is 0 Å². The highest BCUT2D eigenvalue weighted by atomic mass is 32.2. The fourth-order valence-corrected chi connectivity index (χ4v) is 5.25. The molecule has 0 bridgehead atoms. The lowest BCUT2D eigenvalue weighted by Gasteiger charge is -2.17. The van der Waals surface area contributed by atoms with E-state index in [1.165, 1.54) is 6.92 Å². The lowest BCUT2D eigenvalue weighted by atomic mass is 10.1. The summed E-state index contributed by atoms with van der Waals surface area (Å²) in [5, 5.41) is 0. The van der Waals surface area contributed by atoms with Crippen molar-refractivity contribution in [3.63, 3.8) is 0 Å².